The summed E-state index contributed by atoms with van der Waals surface area (Å²) in [6, 6.07) is 12.9. The van der Waals surface area contributed by atoms with Gasteiger partial charge in [-0.2, -0.15) is 0 Å². The Kier molecular flexibility index (Phi) is 7.49. The minimum Gasteiger partial charge on any atom is -0.497 e. The summed E-state index contributed by atoms with van der Waals surface area (Å²) in [5, 5.41) is 5.97. The van der Waals surface area contributed by atoms with Gasteiger partial charge in [0.1, 0.15) is 5.75 Å². The molecule has 0 aliphatic carbocycles. The maximum absolute atomic E-state index is 12.5. The highest BCUT2D eigenvalue weighted by Crippen LogP contribution is 2.26. The molecule has 0 saturated heterocycles. The van der Waals surface area contributed by atoms with Crippen LogP contribution in [0.2, 0.25) is 5.02 Å². The molecule has 144 valence electrons. The zero-order chi connectivity index (χ0) is 19.8. The van der Waals surface area contributed by atoms with Crippen molar-refractivity contribution in [2.24, 2.45) is 0 Å². The first-order chi connectivity index (χ1) is 12.9. The maximum atomic E-state index is 12.5. The number of hydrogen-bond donors (Lipinski definition) is 2. The summed E-state index contributed by atoms with van der Waals surface area (Å²) in [6.07, 6.45) is -0.275. The van der Waals surface area contributed by atoms with E-state index in [-0.39, 0.29) is 12.5 Å². The van der Waals surface area contributed by atoms with E-state index in [0.717, 1.165) is 0 Å². The zero-order valence-corrected chi connectivity index (χ0v) is 16.2. The van der Waals surface area contributed by atoms with E-state index in [1.807, 2.05) is 0 Å². The number of benzene rings is 2. The number of amides is 2. The average molecular weight is 391 g/mol. The van der Waals surface area contributed by atoms with E-state index in [0.29, 0.717) is 22.0 Å². The number of carbonyl (C=O) groups excluding carboxylic acids is 2. The molecule has 27 heavy (non-hydrogen) atoms. The van der Waals surface area contributed by atoms with E-state index in [1.54, 1.807) is 69.5 Å². The second-order valence-electron chi connectivity index (χ2n) is 6.15. The number of nitrogens with one attached hydrogen (secondary N) is 2. The summed E-state index contributed by atoms with van der Waals surface area (Å²) < 4.78 is 10.3. The minimum atomic E-state index is -0.629. The van der Waals surface area contributed by atoms with Gasteiger partial charge in [0.05, 0.1) is 25.7 Å². The summed E-state index contributed by atoms with van der Waals surface area (Å²) in [4.78, 5) is 24.6. The molecule has 0 bridgehead atoms. The first kappa shape index (κ1) is 20.6. The van der Waals surface area contributed by atoms with Crippen LogP contribution >= 0.6 is 11.6 Å². The van der Waals surface area contributed by atoms with Gasteiger partial charge in [-0.3, -0.25) is 4.79 Å². The molecule has 2 aromatic carbocycles. The molecule has 0 aromatic heterocycles. The van der Waals surface area contributed by atoms with Crippen LogP contribution in [-0.4, -0.2) is 25.2 Å². The SMILES string of the molecule is COc1cccc(NC(=O)NC(CC(=O)OC(C)C)c2ccccc2Cl)c1. The molecule has 0 heterocycles. The fourth-order valence-corrected chi connectivity index (χ4v) is 2.77. The first-order valence-corrected chi connectivity index (χ1v) is 8.92. The van der Waals surface area contributed by atoms with Crippen LogP contribution in [0.4, 0.5) is 10.5 Å². The van der Waals surface area contributed by atoms with E-state index < -0.39 is 18.0 Å². The monoisotopic (exact) mass is 390 g/mol. The molecule has 0 aliphatic heterocycles. The quantitative estimate of drug-likeness (QED) is 0.680. The lowest BCUT2D eigenvalue weighted by Gasteiger charge is -2.21. The molecule has 2 N–H and O–H groups in total. The number of hydrogen-bond acceptors (Lipinski definition) is 4. The fraction of sp³-hybridized carbons (Fsp3) is 0.300. The third-order valence-electron chi connectivity index (χ3n) is 3.65. The number of halogens is 1. The van der Waals surface area contributed by atoms with Crippen LogP contribution in [-0.2, 0) is 9.53 Å². The lowest BCUT2D eigenvalue weighted by Crippen LogP contribution is -2.34. The van der Waals surface area contributed by atoms with Gasteiger partial charge in [-0.1, -0.05) is 35.9 Å². The Morgan fingerprint density at radius 3 is 2.52 bits per heavy atom. The highest BCUT2D eigenvalue weighted by atomic mass is 35.5. The van der Waals surface area contributed by atoms with Crippen molar-refractivity contribution < 1.29 is 19.1 Å². The highest BCUT2D eigenvalue weighted by molar-refractivity contribution is 6.31. The van der Waals surface area contributed by atoms with E-state index in [4.69, 9.17) is 21.1 Å². The number of ether oxygens (including phenoxy) is 2. The van der Waals surface area contributed by atoms with E-state index >= 15 is 0 Å². The summed E-state index contributed by atoms with van der Waals surface area (Å²) in [6.45, 7) is 3.54. The molecule has 1 atom stereocenters. The summed E-state index contributed by atoms with van der Waals surface area (Å²) in [5.41, 5.74) is 1.20. The van der Waals surface area contributed by atoms with Crippen LogP contribution in [0.1, 0.15) is 31.9 Å². The van der Waals surface area contributed by atoms with Crippen molar-refractivity contribution in [3.05, 3.63) is 59.1 Å². The Bertz CT molecular complexity index is 795. The third-order valence-corrected chi connectivity index (χ3v) is 4.00. The molecule has 6 nitrogen and oxygen atoms in total. The summed E-state index contributed by atoms with van der Waals surface area (Å²) in [7, 11) is 1.55. The second-order valence-corrected chi connectivity index (χ2v) is 6.55. The number of rotatable bonds is 7. The van der Waals surface area contributed by atoms with Gasteiger partial charge in [0.2, 0.25) is 0 Å². The number of methoxy groups -OCH3 is 1. The predicted molar refractivity (Wildman–Crippen MR) is 105 cm³/mol. The smallest absolute Gasteiger partial charge is 0.319 e. The zero-order valence-electron chi connectivity index (χ0n) is 15.5. The van der Waals surface area contributed by atoms with Crippen LogP contribution in [0.15, 0.2) is 48.5 Å². The molecule has 0 saturated carbocycles. The minimum absolute atomic E-state index is 0.0343. The molecule has 2 aromatic rings. The number of esters is 1. The second kappa shape index (κ2) is 9.83. The predicted octanol–water partition coefficient (Wildman–Crippen LogP) is 4.55. The largest absolute Gasteiger partial charge is 0.497 e. The van der Waals surface area contributed by atoms with Crippen molar-refractivity contribution in [1.82, 2.24) is 5.32 Å². The fourth-order valence-electron chi connectivity index (χ4n) is 2.50. The summed E-state index contributed by atoms with van der Waals surface area (Å²) in [5.74, 6) is 0.201. The van der Waals surface area contributed by atoms with Gasteiger partial charge in [-0.25, -0.2) is 4.79 Å². The Labute approximate surface area is 163 Å². The van der Waals surface area contributed by atoms with Gasteiger partial charge in [0, 0.05) is 16.8 Å². The van der Waals surface area contributed by atoms with Crippen molar-refractivity contribution in [1.29, 1.82) is 0 Å². The summed E-state index contributed by atoms with van der Waals surface area (Å²) >= 11 is 6.25. The van der Waals surface area contributed by atoms with Crippen LogP contribution < -0.4 is 15.4 Å². The molecule has 0 aliphatic rings. The molecule has 1 unspecified atom stereocenters. The Morgan fingerprint density at radius 2 is 1.85 bits per heavy atom. The highest BCUT2D eigenvalue weighted by Gasteiger charge is 2.22. The Morgan fingerprint density at radius 1 is 1.11 bits per heavy atom. The maximum Gasteiger partial charge on any atom is 0.319 e. The number of urea groups is 1. The van der Waals surface area contributed by atoms with Crippen LogP contribution in [0.3, 0.4) is 0 Å². The molecule has 0 fully saturated rings. The number of carbonyl (C=O) groups is 2. The normalized spacial score (nSPS) is 11.6. The van der Waals surface area contributed by atoms with Crippen LogP contribution in [0, 0.1) is 0 Å². The van der Waals surface area contributed by atoms with Gasteiger partial charge < -0.3 is 20.1 Å². The van der Waals surface area contributed by atoms with E-state index in [2.05, 4.69) is 10.6 Å². The average Bonchev–Trinajstić information content (AvgIpc) is 2.61. The molecule has 2 rings (SSSR count). The molecular formula is C20H23ClN2O4. The molecular weight excluding hydrogens is 368 g/mol. The topological polar surface area (TPSA) is 76.7 Å². The molecule has 0 spiro atoms. The molecule has 0 radical (unpaired) electrons. The Balaban J connectivity index is 2.14. The van der Waals surface area contributed by atoms with Crippen LogP contribution in [0.25, 0.3) is 0 Å². The lowest BCUT2D eigenvalue weighted by atomic mass is 10.0. The van der Waals surface area contributed by atoms with E-state index in [9.17, 15) is 9.59 Å². The van der Waals surface area contributed by atoms with Crippen LogP contribution in [0.5, 0.6) is 5.75 Å². The number of anilines is 1. The van der Waals surface area contributed by atoms with Gasteiger partial charge >= 0.3 is 12.0 Å². The van der Waals surface area contributed by atoms with Crippen molar-refractivity contribution in [2.75, 3.05) is 12.4 Å². The van der Waals surface area contributed by atoms with Gasteiger partial charge in [-0.05, 0) is 37.6 Å². The van der Waals surface area contributed by atoms with Crippen molar-refractivity contribution in [3.63, 3.8) is 0 Å². The van der Waals surface area contributed by atoms with Gasteiger partial charge in [-0.15, -0.1) is 0 Å². The van der Waals surface area contributed by atoms with Gasteiger partial charge in [0.15, 0.2) is 0 Å². The van der Waals surface area contributed by atoms with E-state index in [1.165, 1.54) is 0 Å². The van der Waals surface area contributed by atoms with Crippen molar-refractivity contribution >= 4 is 29.3 Å². The third kappa shape index (κ3) is 6.49. The van der Waals surface area contributed by atoms with Crippen molar-refractivity contribution in [2.45, 2.75) is 32.4 Å². The first-order valence-electron chi connectivity index (χ1n) is 8.54. The molecule has 7 heteroatoms. The Hall–Kier alpha value is -2.73. The van der Waals surface area contributed by atoms with Crippen molar-refractivity contribution in [3.8, 4) is 5.75 Å². The lowest BCUT2D eigenvalue weighted by molar-refractivity contribution is -0.147. The molecule has 2 amide bonds. The standard InChI is InChI=1S/C20H23ClN2O4/c1-13(2)27-19(24)12-18(16-9-4-5-10-17(16)21)23-20(25)22-14-7-6-8-15(11-14)26-3/h4-11,13,18H,12H2,1-3H3,(H2,22,23,25). The van der Waals surface area contributed by atoms with Gasteiger partial charge in [0.25, 0.3) is 0 Å².